The van der Waals surface area contributed by atoms with Crippen LogP contribution in [0, 0.1) is 5.41 Å². The van der Waals surface area contributed by atoms with Gasteiger partial charge in [-0.15, -0.1) is 5.10 Å². The van der Waals surface area contributed by atoms with Crippen molar-refractivity contribution in [2.75, 3.05) is 19.6 Å². The summed E-state index contributed by atoms with van der Waals surface area (Å²) in [4.78, 5) is 44.6. The summed E-state index contributed by atoms with van der Waals surface area (Å²) in [7, 11) is 0. The number of rotatable bonds is 3. The molecule has 10 nitrogen and oxygen atoms in total. The molecule has 170 valence electrons. The Balaban J connectivity index is 1.44. The highest BCUT2D eigenvalue weighted by atomic mass is 16.2. The Morgan fingerprint density at radius 2 is 2.06 bits per heavy atom. The second-order valence-corrected chi connectivity index (χ2v) is 8.92. The molecule has 2 unspecified atom stereocenters. The van der Waals surface area contributed by atoms with Gasteiger partial charge >= 0.3 is 0 Å². The first kappa shape index (κ1) is 21.0. The lowest BCUT2D eigenvalue weighted by molar-refractivity contribution is -0.139. The molecule has 2 aromatic heterocycles. The van der Waals surface area contributed by atoms with Crippen molar-refractivity contribution >= 4 is 28.9 Å². The van der Waals surface area contributed by atoms with Gasteiger partial charge in [0, 0.05) is 32.3 Å². The lowest BCUT2D eigenvalue weighted by Crippen LogP contribution is -2.50. The minimum Gasteiger partial charge on any atom is -0.356 e. The predicted molar refractivity (Wildman–Crippen MR) is 119 cm³/mol. The summed E-state index contributed by atoms with van der Waals surface area (Å²) in [5.41, 5.74) is 2.52. The van der Waals surface area contributed by atoms with E-state index in [2.05, 4.69) is 31.0 Å². The summed E-state index contributed by atoms with van der Waals surface area (Å²) in [6.45, 7) is 3.12. The van der Waals surface area contributed by atoms with Gasteiger partial charge in [-0.3, -0.25) is 14.4 Å². The average Bonchev–Trinajstić information content (AvgIpc) is 3.22. The van der Waals surface area contributed by atoms with Crippen LogP contribution in [0.15, 0.2) is 36.5 Å². The van der Waals surface area contributed by atoms with Crippen LogP contribution in [0.4, 0.5) is 0 Å². The van der Waals surface area contributed by atoms with E-state index in [9.17, 15) is 14.4 Å². The number of nitrogens with zero attached hydrogens (tertiary/aromatic N) is 4. The maximum absolute atomic E-state index is 13.5. The van der Waals surface area contributed by atoms with Gasteiger partial charge in [-0.2, -0.15) is 10.3 Å². The third kappa shape index (κ3) is 3.92. The fourth-order valence-corrected chi connectivity index (χ4v) is 4.68. The van der Waals surface area contributed by atoms with Gasteiger partial charge in [0.25, 0.3) is 5.91 Å². The van der Waals surface area contributed by atoms with Gasteiger partial charge in [-0.05, 0) is 30.0 Å². The van der Waals surface area contributed by atoms with Crippen LogP contribution in [-0.2, 0) is 16.0 Å². The first-order valence-electron chi connectivity index (χ1n) is 11.0. The van der Waals surface area contributed by atoms with E-state index in [0.29, 0.717) is 49.2 Å². The molecule has 3 aromatic rings. The van der Waals surface area contributed by atoms with Crippen molar-refractivity contribution in [3.05, 3.63) is 53.2 Å². The van der Waals surface area contributed by atoms with E-state index in [1.165, 1.54) is 0 Å². The van der Waals surface area contributed by atoms with Gasteiger partial charge in [0.15, 0.2) is 0 Å². The summed E-state index contributed by atoms with van der Waals surface area (Å²) < 4.78 is 0. The van der Waals surface area contributed by atoms with Gasteiger partial charge in [0.2, 0.25) is 17.5 Å². The predicted octanol–water partition coefficient (Wildman–Crippen LogP) is 1.12. The normalized spacial score (nSPS) is 22.9. The number of pyridine rings is 1. The molecule has 0 bridgehead atoms. The molecule has 2 aliphatic heterocycles. The Labute approximate surface area is 190 Å². The number of piperidine rings is 1. The maximum Gasteiger partial charge on any atom is 0.256 e. The van der Waals surface area contributed by atoms with Gasteiger partial charge in [-0.1, -0.05) is 31.2 Å². The van der Waals surface area contributed by atoms with E-state index in [1.807, 2.05) is 31.2 Å². The molecular formula is C23H25N7O3. The van der Waals surface area contributed by atoms with Gasteiger partial charge in [-0.25, -0.2) is 4.98 Å². The van der Waals surface area contributed by atoms with Crippen LogP contribution in [-0.4, -0.2) is 62.7 Å². The summed E-state index contributed by atoms with van der Waals surface area (Å²) in [5, 5.41) is 16.5. The van der Waals surface area contributed by atoms with E-state index in [0.717, 1.165) is 11.1 Å². The highest BCUT2D eigenvalue weighted by Crippen LogP contribution is 2.31. The fraction of sp³-hybridized carbons (Fsp3) is 0.391. The number of amides is 3. The fourth-order valence-electron chi connectivity index (χ4n) is 4.68. The van der Waals surface area contributed by atoms with Crippen LogP contribution < -0.4 is 10.6 Å². The molecule has 33 heavy (non-hydrogen) atoms. The first-order valence-corrected chi connectivity index (χ1v) is 11.0. The third-order valence-corrected chi connectivity index (χ3v) is 6.63. The van der Waals surface area contributed by atoms with Crippen molar-refractivity contribution in [3.8, 4) is 0 Å². The number of hydrogen-bond acceptors (Lipinski definition) is 6. The number of aromatic amines is 1. The number of H-pyrrole nitrogens is 1. The smallest absolute Gasteiger partial charge is 0.256 e. The SMILES string of the molecule is CC1(C(=O)NC2CN(C(=O)c3ccnc4n[nH]nc34)CCc3ccccc32)CCNC(=O)C1. The zero-order valence-corrected chi connectivity index (χ0v) is 18.3. The molecule has 5 rings (SSSR count). The standard InChI is InChI=1S/C23H25N7O3/c1-23(8-10-24-18(31)12-23)22(33)26-17-13-30(11-7-14-4-2-3-5-15(14)17)21(32)16-6-9-25-20-19(16)27-29-28-20/h2-6,9,17H,7-8,10-13H2,1H3,(H,24,31)(H,26,33)(H,25,27,28,29). The van der Waals surface area contributed by atoms with Crippen LogP contribution >= 0.6 is 0 Å². The van der Waals surface area contributed by atoms with Crippen molar-refractivity contribution in [2.24, 2.45) is 5.41 Å². The zero-order chi connectivity index (χ0) is 23.0. The molecule has 3 N–H and O–H groups in total. The second kappa shape index (κ2) is 8.27. The number of aromatic nitrogens is 4. The lowest BCUT2D eigenvalue weighted by atomic mass is 9.79. The van der Waals surface area contributed by atoms with E-state index >= 15 is 0 Å². The van der Waals surface area contributed by atoms with Gasteiger partial charge in [0.1, 0.15) is 5.52 Å². The average molecular weight is 447 g/mol. The quantitative estimate of drug-likeness (QED) is 0.551. The zero-order valence-electron chi connectivity index (χ0n) is 18.3. The van der Waals surface area contributed by atoms with Crippen molar-refractivity contribution in [1.82, 2.24) is 35.9 Å². The van der Waals surface area contributed by atoms with Crippen LogP contribution in [0.25, 0.3) is 11.2 Å². The summed E-state index contributed by atoms with van der Waals surface area (Å²) in [6.07, 6.45) is 2.93. The first-order chi connectivity index (χ1) is 15.9. The Kier molecular flexibility index (Phi) is 5.27. The number of hydrogen-bond donors (Lipinski definition) is 3. The Morgan fingerprint density at radius 1 is 1.21 bits per heavy atom. The second-order valence-electron chi connectivity index (χ2n) is 8.92. The molecular weight excluding hydrogens is 422 g/mol. The number of carbonyl (C=O) groups excluding carboxylic acids is 3. The summed E-state index contributed by atoms with van der Waals surface area (Å²) >= 11 is 0. The highest BCUT2D eigenvalue weighted by Gasteiger charge is 2.40. The van der Waals surface area contributed by atoms with Gasteiger partial charge in [0.05, 0.1) is 17.0 Å². The Morgan fingerprint density at radius 3 is 2.91 bits per heavy atom. The number of carbonyl (C=O) groups is 3. The molecule has 0 aliphatic carbocycles. The van der Waals surface area contributed by atoms with E-state index in [1.54, 1.807) is 17.2 Å². The van der Waals surface area contributed by atoms with Crippen molar-refractivity contribution in [2.45, 2.75) is 32.2 Å². The molecule has 2 atom stereocenters. The molecule has 2 aliphatic rings. The van der Waals surface area contributed by atoms with Crippen LogP contribution in [0.2, 0.25) is 0 Å². The molecule has 4 heterocycles. The summed E-state index contributed by atoms with van der Waals surface area (Å²) in [5.74, 6) is -0.479. The van der Waals surface area contributed by atoms with E-state index in [4.69, 9.17) is 0 Å². The molecule has 0 saturated carbocycles. The summed E-state index contributed by atoms with van der Waals surface area (Å²) in [6, 6.07) is 9.17. The number of nitrogens with one attached hydrogen (secondary N) is 3. The molecule has 0 radical (unpaired) electrons. The van der Waals surface area contributed by atoms with Crippen molar-refractivity contribution in [1.29, 1.82) is 0 Å². The monoisotopic (exact) mass is 447 g/mol. The molecule has 10 heteroatoms. The van der Waals surface area contributed by atoms with E-state index < -0.39 is 11.5 Å². The minimum absolute atomic E-state index is 0.119. The Bertz CT molecular complexity index is 1240. The molecule has 1 saturated heterocycles. The van der Waals surface area contributed by atoms with Crippen LogP contribution in [0.3, 0.4) is 0 Å². The maximum atomic E-state index is 13.5. The minimum atomic E-state index is -0.781. The van der Waals surface area contributed by atoms with E-state index in [-0.39, 0.29) is 24.1 Å². The molecule has 0 spiro atoms. The van der Waals surface area contributed by atoms with Crippen LogP contribution in [0.1, 0.15) is 47.3 Å². The van der Waals surface area contributed by atoms with Gasteiger partial charge < -0.3 is 15.5 Å². The number of fused-ring (bicyclic) bond motifs is 2. The topological polar surface area (TPSA) is 133 Å². The Hall–Kier alpha value is -3.82. The molecule has 3 amide bonds. The largest absolute Gasteiger partial charge is 0.356 e. The van der Waals surface area contributed by atoms with Crippen molar-refractivity contribution in [3.63, 3.8) is 0 Å². The lowest BCUT2D eigenvalue weighted by Gasteiger charge is -2.34. The molecule has 1 fully saturated rings. The number of benzene rings is 1. The third-order valence-electron chi connectivity index (χ3n) is 6.63. The molecule has 1 aromatic carbocycles. The highest BCUT2D eigenvalue weighted by molar-refractivity contribution is 6.03. The van der Waals surface area contributed by atoms with Crippen LogP contribution in [0.5, 0.6) is 0 Å². The van der Waals surface area contributed by atoms with Crippen molar-refractivity contribution < 1.29 is 14.4 Å².